The number of quaternary nitrogens is 1. The van der Waals surface area contributed by atoms with Crippen molar-refractivity contribution in [3.8, 4) is 0 Å². The summed E-state index contributed by atoms with van der Waals surface area (Å²) in [5, 5.41) is 9.67. The van der Waals surface area contributed by atoms with Gasteiger partial charge in [0.2, 0.25) is 0 Å². The zero-order valence-electron chi connectivity index (χ0n) is 42.1. The molecule has 9 heteroatoms. The molecule has 0 fully saturated rings. The molecule has 1 N–H and O–H groups in total. The monoisotopic (exact) mass is 911 g/mol. The molecule has 0 rings (SSSR count). The number of rotatable bonds is 46. The molecule has 0 aromatic heterocycles. The Bertz CT molecular complexity index is 1340. The number of allylic oxidation sites excluding steroid dienone is 14. The third-order valence-corrected chi connectivity index (χ3v) is 10.6. The van der Waals surface area contributed by atoms with Gasteiger partial charge < -0.3 is 28.5 Å². The van der Waals surface area contributed by atoms with Crippen molar-refractivity contribution in [1.29, 1.82) is 0 Å². The molecule has 2 unspecified atom stereocenters. The predicted molar refractivity (Wildman–Crippen MR) is 272 cm³/mol. The first-order chi connectivity index (χ1) is 31.6. The maximum atomic E-state index is 12.8. The standard InChI is InChI=1S/C56H95NO8/c1-6-8-10-12-14-16-18-20-22-24-25-26-27-28-29-31-33-35-37-39-41-43-45-47-54(59)65-52(51-64-56(55(60)61)62-49-48-57(3,4)5)50-63-53(58)46-44-42-40-38-36-34-32-30-23-21-19-17-15-13-11-9-7-2/h8-11,14-17,20-23,25-26,52,56H,6-7,12-13,18-19,24,27-51H2,1-5H3/p+1/b10-8-,11-9-,16-14-,17-15-,22-20-,23-21-,26-25-. The minimum atomic E-state index is -1.52. The summed E-state index contributed by atoms with van der Waals surface area (Å²) in [4.78, 5) is 37.3. The number of carboxylic acids is 1. The van der Waals surface area contributed by atoms with Gasteiger partial charge in [-0.15, -0.1) is 0 Å². The lowest BCUT2D eigenvalue weighted by molar-refractivity contribution is -0.870. The van der Waals surface area contributed by atoms with Crippen LogP contribution in [0, 0.1) is 0 Å². The first kappa shape index (κ1) is 61.5. The number of hydrogen-bond donors (Lipinski definition) is 1. The highest BCUT2D eigenvalue weighted by Crippen LogP contribution is 2.15. The molecule has 0 radical (unpaired) electrons. The number of carbonyl (C=O) groups excluding carboxylic acids is 2. The molecule has 0 amide bonds. The van der Waals surface area contributed by atoms with Crippen LogP contribution >= 0.6 is 0 Å². The van der Waals surface area contributed by atoms with E-state index < -0.39 is 24.3 Å². The summed E-state index contributed by atoms with van der Waals surface area (Å²) < 4.78 is 22.8. The van der Waals surface area contributed by atoms with Gasteiger partial charge in [-0.3, -0.25) is 9.59 Å². The highest BCUT2D eigenvalue weighted by molar-refractivity contribution is 5.71. The van der Waals surface area contributed by atoms with Crippen LogP contribution in [0.2, 0.25) is 0 Å². The van der Waals surface area contributed by atoms with Gasteiger partial charge in [-0.25, -0.2) is 4.79 Å². The van der Waals surface area contributed by atoms with E-state index in [1.165, 1.54) is 57.8 Å². The number of likely N-dealkylation sites (N-methyl/N-ethyl adjacent to an activating group) is 1. The Morgan fingerprint density at radius 1 is 0.462 bits per heavy atom. The molecule has 2 atom stereocenters. The van der Waals surface area contributed by atoms with Crippen LogP contribution in [-0.4, -0.2) is 87.4 Å². The van der Waals surface area contributed by atoms with E-state index in [0.29, 0.717) is 17.4 Å². The highest BCUT2D eigenvalue weighted by atomic mass is 16.7. The number of carbonyl (C=O) groups is 3. The van der Waals surface area contributed by atoms with Crippen LogP contribution in [0.5, 0.6) is 0 Å². The fourth-order valence-corrected chi connectivity index (χ4v) is 6.72. The smallest absolute Gasteiger partial charge is 0.361 e. The Hall–Kier alpha value is -3.53. The molecule has 0 bridgehead atoms. The predicted octanol–water partition coefficient (Wildman–Crippen LogP) is 14.4. The number of hydrogen-bond acceptors (Lipinski definition) is 7. The van der Waals surface area contributed by atoms with Crippen molar-refractivity contribution < 1.29 is 42.9 Å². The van der Waals surface area contributed by atoms with Crippen LogP contribution in [0.3, 0.4) is 0 Å². The molecule has 372 valence electrons. The van der Waals surface area contributed by atoms with Crippen molar-refractivity contribution >= 4 is 17.9 Å². The third-order valence-electron chi connectivity index (χ3n) is 10.6. The van der Waals surface area contributed by atoms with Gasteiger partial charge in [-0.05, 0) is 83.5 Å². The molecule has 0 spiro atoms. The first-order valence-corrected chi connectivity index (χ1v) is 25.8. The first-order valence-electron chi connectivity index (χ1n) is 25.8. The average molecular weight is 911 g/mol. The summed E-state index contributed by atoms with van der Waals surface area (Å²) in [5.41, 5.74) is 0. The lowest BCUT2D eigenvalue weighted by Crippen LogP contribution is -2.40. The average Bonchev–Trinajstić information content (AvgIpc) is 3.27. The second-order valence-corrected chi connectivity index (χ2v) is 18.1. The fourth-order valence-electron chi connectivity index (χ4n) is 6.72. The van der Waals surface area contributed by atoms with E-state index in [1.807, 2.05) is 21.1 Å². The third kappa shape index (κ3) is 48.2. The summed E-state index contributed by atoms with van der Waals surface area (Å²) in [6.45, 7) is 4.63. The Labute approximate surface area is 398 Å². The maximum Gasteiger partial charge on any atom is 0.361 e. The number of esters is 2. The summed E-state index contributed by atoms with van der Waals surface area (Å²) in [6, 6.07) is 0. The second-order valence-electron chi connectivity index (χ2n) is 18.1. The Balaban J connectivity index is 4.35. The summed E-state index contributed by atoms with van der Waals surface area (Å²) in [5.74, 6) is -2.03. The van der Waals surface area contributed by atoms with Crippen molar-refractivity contribution in [3.05, 3.63) is 85.1 Å². The van der Waals surface area contributed by atoms with Gasteiger partial charge in [0.05, 0.1) is 34.4 Å². The zero-order chi connectivity index (χ0) is 47.7. The van der Waals surface area contributed by atoms with Crippen molar-refractivity contribution in [2.75, 3.05) is 47.5 Å². The molecule has 9 nitrogen and oxygen atoms in total. The van der Waals surface area contributed by atoms with Gasteiger partial charge in [-0.2, -0.15) is 0 Å². The van der Waals surface area contributed by atoms with Crippen LogP contribution in [0.25, 0.3) is 0 Å². The molecule has 0 saturated carbocycles. The molecule has 0 saturated heterocycles. The topological polar surface area (TPSA) is 108 Å². The molecule has 65 heavy (non-hydrogen) atoms. The summed E-state index contributed by atoms with van der Waals surface area (Å²) in [6.07, 6.45) is 57.8. The number of aliphatic carboxylic acids is 1. The largest absolute Gasteiger partial charge is 0.477 e. The van der Waals surface area contributed by atoms with Crippen molar-refractivity contribution in [3.63, 3.8) is 0 Å². The SMILES string of the molecule is CC/C=C\C/C=C\C/C=C\C/C=C\CCCCCCCCCCCCC(=O)OC(COC(=O)CCCCCCCCC/C=C\C/C=C\C/C=C\CC)COC(OCC[N+](C)(C)C)C(=O)O. The Morgan fingerprint density at radius 3 is 1.23 bits per heavy atom. The Morgan fingerprint density at radius 2 is 0.831 bits per heavy atom. The molecule has 0 aromatic rings. The maximum absolute atomic E-state index is 12.8. The number of nitrogens with zero attached hydrogens (tertiary/aromatic N) is 1. The molecular weight excluding hydrogens is 815 g/mol. The van der Waals surface area contributed by atoms with E-state index in [0.717, 1.165) is 103 Å². The van der Waals surface area contributed by atoms with E-state index in [9.17, 15) is 19.5 Å². The molecule has 0 aliphatic rings. The van der Waals surface area contributed by atoms with E-state index in [1.54, 1.807) is 0 Å². The number of ether oxygens (including phenoxy) is 4. The minimum absolute atomic E-state index is 0.181. The summed E-state index contributed by atoms with van der Waals surface area (Å²) in [7, 11) is 5.95. The van der Waals surface area contributed by atoms with Gasteiger partial charge in [0, 0.05) is 12.8 Å². The highest BCUT2D eigenvalue weighted by Gasteiger charge is 2.25. The van der Waals surface area contributed by atoms with Gasteiger partial charge >= 0.3 is 17.9 Å². The van der Waals surface area contributed by atoms with E-state index in [-0.39, 0.29) is 38.6 Å². The van der Waals surface area contributed by atoms with Crippen LogP contribution in [-0.2, 0) is 33.3 Å². The van der Waals surface area contributed by atoms with E-state index in [2.05, 4.69) is 98.9 Å². The van der Waals surface area contributed by atoms with E-state index in [4.69, 9.17) is 18.9 Å². The minimum Gasteiger partial charge on any atom is -0.477 e. The van der Waals surface area contributed by atoms with Crippen molar-refractivity contribution in [1.82, 2.24) is 0 Å². The van der Waals surface area contributed by atoms with Crippen LogP contribution in [0.1, 0.15) is 194 Å². The van der Waals surface area contributed by atoms with Crippen LogP contribution < -0.4 is 0 Å². The van der Waals surface area contributed by atoms with Gasteiger partial charge in [0.15, 0.2) is 6.10 Å². The molecule has 0 aliphatic heterocycles. The molecule has 0 heterocycles. The molecule has 0 aliphatic carbocycles. The normalized spacial score (nSPS) is 13.6. The lowest BCUT2D eigenvalue weighted by atomic mass is 10.0. The van der Waals surface area contributed by atoms with Gasteiger partial charge in [-0.1, -0.05) is 182 Å². The fraction of sp³-hybridized carbons (Fsp3) is 0.696. The zero-order valence-corrected chi connectivity index (χ0v) is 42.1. The van der Waals surface area contributed by atoms with Gasteiger partial charge in [0.1, 0.15) is 13.2 Å². The quantitative estimate of drug-likeness (QED) is 0.0211. The molecule has 0 aromatic carbocycles. The number of unbranched alkanes of at least 4 members (excludes halogenated alkanes) is 17. The molecular formula is C56H96NO8+. The van der Waals surface area contributed by atoms with Crippen LogP contribution in [0.4, 0.5) is 0 Å². The second kappa shape index (κ2) is 47.0. The Kier molecular flexibility index (Phi) is 44.4. The van der Waals surface area contributed by atoms with Crippen molar-refractivity contribution in [2.24, 2.45) is 0 Å². The van der Waals surface area contributed by atoms with Crippen molar-refractivity contribution in [2.45, 2.75) is 206 Å². The van der Waals surface area contributed by atoms with Gasteiger partial charge in [0.25, 0.3) is 6.29 Å². The van der Waals surface area contributed by atoms with E-state index >= 15 is 0 Å². The number of carboxylic acid groups (broad SMARTS) is 1. The summed E-state index contributed by atoms with van der Waals surface area (Å²) >= 11 is 0. The lowest BCUT2D eigenvalue weighted by Gasteiger charge is -2.25. The van der Waals surface area contributed by atoms with Crippen LogP contribution in [0.15, 0.2) is 85.1 Å².